The van der Waals surface area contributed by atoms with Gasteiger partial charge in [-0.1, -0.05) is 6.07 Å². The second kappa shape index (κ2) is 8.47. The summed E-state index contributed by atoms with van der Waals surface area (Å²) in [4.78, 5) is 28.3. The van der Waals surface area contributed by atoms with Gasteiger partial charge < -0.3 is 26.2 Å². The number of pyridine rings is 1. The zero-order chi connectivity index (χ0) is 21.3. The summed E-state index contributed by atoms with van der Waals surface area (Å²) in [5.41, 5.74) is 7.42. The number of amides is 1. The Morgan fingerprint density at radius 1 is 1.23 bits per heavy atom. The van der Waals surface area contributed by atoms with Gasteiger partial charge in [-0.25, -0.2) is 4.79 Å². The van der Waals surface area contributed by atoms with Crippen LogP contribution in [-0.4, -0.2) is 46.7 Å². The number of carboxylic acids is 1. The second-order valence-electron chi connectivity index (χ2n) is 8.19. The number of nitrogens with zero attached hydrogens (tertiary/aromatic N) is 1. The van der Waals surface area contributed by atoms with E-state index < -0.39 is 5.97 Å². The smallest absolute Gasteiger partial charge is 0.339 e. The lowest BCUT2D eigenvalue weighted by Gasteiger charge is -2.30. The molecule has 160 valence electrons. The van der Waals surface area contributed by atoms with E-state index in [1.54, 1.807) is 19.1 Å². The number of hydrogen-bond donors (Lipinski definition) is 4. The summed E-state index contributed by atoms with van der Waals surface area (Å²) in [6, 6.07) is 5.56. The van der Waals surface area contributed by atoms with E-state index in [-0.39, 0.29) is 35.3 Å². The fourth-order valence-electron chi connectivity index (χ4n) is 4.52. The fraction of sp³-hybridized carbons (Fsp3) is 0.500. The molecule has 0 spiro atoms. The molecule has 8 nitrogen and oxygen atoms in total. The van der Waals surface area contributed by atoms with Gasteiger partial charge in [-0.2, -0.15) is 0 Å². The highest BCUT2D eigenvalue weighted by Crippen LogP contribution is 2.35. The molecule has 1 atom stereocenters. The molecular formula is C22H28N4O4. The van der Waals surface area contributed by atoms with Gasteiger partial charge in [0.15, 0.2) is 0 Å². The number of rotatable bonds is 5. The van der Waals surface area contributed by atoms with E-state index in [0.29, 0.717) is 22.3 Å². The first-order valence-corrected chi connectivity index (χ1v) is 10.6. The van der Waals surface area contributed by atoms with Gasteiger partial charge in [0.05, 0.1) is 34.4 Å². The minimum Gasteiger partial charge on any atom is -0.490 e. The number of nitrogens with two attached hydrogens (primary N) is 1. The molecule has 0 bridgehead atoms. The second-order valence-corrected chi connectivity index (χ2v) is 8.19. The SMILES string of the molecule is Cc1nc2cccc(O[C@H]3CC[C@H](NC(=O)[C@@H]4CCCN4)CC3)c2c(N)c1C(=O)O. The summed E-state index contributed by atoms with van der Waals surface area (Å²) in [6.07, 6.45) is 5.25. The number of fused-ring (bicyclic) bond motifs is 1. The van der Waals surface area contributed by atoms with Crippen LogP contribution in [0.1, 0.15) is 54.6 Å². The maximum absolute atomic E-state index is 12.3. The molecule has 2 aromatic rings. The van der Waals surface area contributed by atoms with Crippen molar-refractivity contribution in [3.05, 3.63) is 29.5 Å². The standard InChI is InChI=1S/C22H28N4O4/c1-12-18(22(28)29)20(23)19-15(25-12)4-2-6-17(19)30-14-9-7-13(8-10-14)26-21(27)16-5-3-11-24-16/h2,4,6,13-14,16,24H,3,5,7-11H2,1H3,(H2,23,25)(H,26,27)(H,28,29)/t13-,14-,16-/m0/s1. The van der Waals surface area contributed by atoms with Crippen molar-refractivity contribution in [2.45, 2.75) is 63.6 Å². The number of carbonyl (C=O) groups excluding carboxylic acids is 1. The van der Waals surface area contributed by atoms with Crippen LogP contribution < -0.4 is 21.1 Å². The van der Waals surface area contributed by atoms with E-state index in [2.05, 4.69) is 15.6 Å². The number of carboxylic acid groups (broad SMARTS) is 1. The van der Waals surface area contributed by atoms with Crippen LogP contribution >= 0.6 is 0 Å². The minimum atomic E-state index is -1.10. The Hall–Kier alpha value is -2.87. The molecule has 4 rings (SSSR count). The van der Waals surface area contributed by atoms with Gasteiger partial charge in [-0.15, -0.1) is 0 Å². The van der Waals surface area contributed by atoms with Crippen molar-refractivity contribution in [2.75, 3.05) is 12.3 Å². The van der Waals surface area contributed by atoms with Crippen molar-refractivity contribution < 1.29 is 19.4 Å². The molecule has 2 heterocycles. The highest BCUT2D eigenvalue weighted by Gasteiger charge is 2.28. The maximum Gasteiger partial charge on any atom is 0.339 e. The first-order chi connectivity index (χ1) is 14.4. The Kier molecular flexibility index (Phi) is 5.76. The summed E-state index contributed by atoms with van der Waals surface area (Å²) in [5, 5.41) is 16.4. The van der Waals surface area contributed by atoms with Crippen LogP contribution in [-0.2, 0) is 4.79 Å². The minimum absolute atomic E-state index is 0.0117. The van der Waals surface area contributed by atoms with E-state index in [1.807, 2.05) is 6.07 Å². The average molecular weight is 412 g/mol. The van der Waals surface area contributed by atoms with E-state index in [1.165, 1.54) is 0 Å². The Labute approximate surface area is 175 Å². The van der Waals surface area contributed by atoms with Crippen molar-refractivity contribution in [2.24, 2.45) is 0 Å². The zero-order valence-electron chi connectivity index (χ0n) is 17.1. The van der Waals surface area contributed by atoms with Crippen molar-refractivity contribution in [1.82, 2.24) is 15.6 Å². The number of carbonyl (C=O) groups is 2. The van der Waals surface area contributed by atoms with Crippen molar-refractivity contribution in [1.29, 1.82) is 0 Å². The van der Waals surface area contributed by atoms with E-state index in [9.17, 15) is 14.7 Å². The first kappa shape index (κ1) is 20.4. The first-order valence-electron chi connectivity index (χ1n) is 10.6. The van der Waals surface area contributed by atoms with Gasteiger partial charge in [-0.05, 0) is 64.1 Å². The molecule has 1 amide bonds. The Bertz CT molecular complexity index is 963. The molecular weight excluding hydrogens is 384 g/mol. The number of benzene rings is 1. The third-order valence-corrected chi connectivity index (χ3v) is 6.10. The zero-order valence-corrected chi connectivity index (χ0v) is 17.1. The number of anilines is 1. The van der Waals surface area contributed by atoms with Gasteiger partial charge in [0, 0.05) is 6.04 Å². The summed E-state index contributed by atoms with van der Waals surface area (Å²) in [7, 11) is 0. The Morgan fingerprint density at radius 3 is 2.67 bits per heavy atom. The molecule has 1 aromatic carbocycles. The number of aryl methyl sites for hydroxylation is 1. The average Bonchev–Trinajstić information content (AvgIpc) is 3.24. The molecule has 0 radical (unpaired) electrons. The lowest BCUT2D eigenvalue weighted by molar-refractivity contribution is -0.123. The van der Waals surface area contributed by atoms with Gasteiger partial charge in [0.25, 0.3) is 0 Å². The number of hydrogen-bond acceptors (Lipinski definition) is 6. The van der Waals surface area contributed by atoms with Crippen LogP contribution in [0.3, 0.4) is 0 Å². The monoisotopic (exact) mass is 412 g/mol. The van der Waals surface area contributed by atoms with E-state index in [4.69, 9.17) is 10.5 Å². The highest BCUT2D eigenvalue weighted by atomic mass is 16.5. The molecule has 30 heavy (non-hydrogen) atoms. The Morgan fingerprint density at radius 2 is 2.00 bits per heavy atom. The normalized spacial score (nSPS) is 24.0. The van der Waals surface area contributed by atoms with Gasteiger partial charge in [-0.3, -0.25) is 9.78 Å². The third-order valence-electron chi connectivity index (χ3n) is 6.10. The van der Waals surface area contributed by atoms with E-state index in [0.717, 1.165) is 45.1 Å². The molecule has 2 aliphatic rings. The predicted octanol–water partition coefficient (Wildman–Crippen LogP) is 2.38. The summed E-state index contributed by atoms with van der Waals surface area (Å²) >= 11 is 0. The molecule has 1 aromatic heterocycles. The molecule has 2 fully saturated rings. The van der Waals surface area contributed by atoms with Gasteiger partial charge in [0.1, 0.15) is 11.3 Å². The van der Waals surface area contributed by atoms with Crippen molar-refractivity contribution in [3.63, 3.8) is 0 Å². The molecule has 1 saturated carbocycles. The summed E-state index contributed by atoms with van der Waals surface area (Å²) in [6.45, 7) is 2.55. The van der Waals surface area contributed by atoms with Crippen LogP contribution in [0.25, 0.3) is 10.9 Å². The topological polar surface area (TPSA) is 127 Å². The molecule has 5 N–H and O–H groups in total. The lowest BCUT2D eigenvalue weighted by atomic mass is 9.92. The number of aromatic nitrogens is 1. The van der Waals surface area contributed by atoms with Crippen molar-refractivity contribution in [3.8, 4) is 5.75 Å². The third kappa shape index (κ3) is 4.05. The van der Waals surface area contributed by atoms with Crippen LogP contribution in [0.5, 0.6) is 5.75 Å². The molecule has 8 heteroatoms. The fourth-order valence-corrected chi connectivity index (χ4v) is 4.52. The highest BCUT2D eigenvalue weighted by molar-refractivity contribution is 6.06. The summed E-state index contributed by atoms with van der Waals surface area (Å²) in [5.74, 6) is -0.439. The van der Waals surface area contributed by atoms with Crippen LogP contribution in [0.2, 0.25) is 0 Å². The summed E-state index contributed by atoms with van der Waals surface area (Å²) < 4.78 is 6.24. The lowest BCUT2D eigenvalue weighted by Crippen LogP contribution is -2.47. The van der Waals surface area contributed by atoms with Gasteiger partial charge in [0.2, 0.25) is 5.91 Å². The number of nitrogen functional groups attached to an aromatic ring is 1. The number of aromatic carboxylic acids is 1. The maximum atomic E-state index is 12.3. The number of ether oxygens (including phenoxy) is 1. The molecule has 1 aliphatic carbocycles. The molecule has 1 aliphatic heterocycles. The Balaban J connectivity index is 1.44. The molecule has 0 unspecified atom stereocenters. The molecule has 1 saturated heterocycles. The van der Waals surface area contributed by atoms with Gasteiger partial charge >= 0.3 is 5.97 Å². The van der Waals surface area contributed by atoms with E-state index >= 15 is 0 Å². The number of nitrogens with one attached hydrogen (secondary N) is 2. The van der Waals surface area contributed by atoms with Crippen LogP contribution in [0.4, 0.5) is 5.69 Å². The van der Waals surface area contributed by atoms with Crippen molar-refractivity contribution >= 4 is 28.5 Å². The predicted molar refractivity (Wildman–Crippen MR) is 114 cm³/mol. The quantitative estimate of drug-likeness (QED) is 0.594. The van der Waals surface area contributed by atoms with Crippen LogP contribution in [0, 0.1) is 6.92 Å². The largest absolute Gasteiger partial charge is 0.490 e. The van der Waals surface area contributed by atoms with Crippen LogP contribution in [0.15, 0.2) is 18.2 Å².